The Morgan fingerprint density at radius 3 is 2.73 bits per heavy atom. The monoisotopic (exact) mass is 192 g/mol. The Labute approximate surface area is 78.2 Å². The van der Waals surface area contributed by atoms with Gasteiger partial charge in [0, 0.05) is 19.5 Å². The van der Waals surface area contributed by atoms with Gasteiger partial charge in [-0.1, -0.05) is 30.5 Å². The molecule has 0 aliphatic rings. The minimum Gasteiger partial charge on any atom is -0.386 e. The third kappa shape index (κ3) is 1.64. The van der Waals surface area contributed by atoms with Gasteiger partial charge in [-0.15, -0.1) is 5.39 Å². The first kappa shape index (κ1) is 8.35. The van der Waals surface area contributed by atoms with Gasteiger partial charge in [-0.2, -0.15) is 12.1 Å². The number of rotatable bonds is 0. The van der Waals surface area contributed by atoms with Crippen LogP contribution in [-0.2, 0) is 19.5 Å². The predicted octanol–water partition coefficient (Wildman–Crippen LogP) is 2.03. The Morgan fingerprint density at radius 1 is 1.09 bits per heavy atom. The van der Waals surface area contributed by atoms with Crippen molar-refractivity contribution in [2.24, 2.45) is 0 Å². The number of pyridine rings is 1. The Balaban J connectivity index is 0.000000605. The van der Waals surface area contributed by atoms with E-state index in [0.29, 0.717) is 0 Å². The molecule has 0 N–H and O–H groups in total. The van der Waals surface area contributed by atoms with E-state index in [4.69, 9.17) is 0 Å². The molecule has 2 rings (SSSR count). The molecule has 0 aliphatic heterocycles. The smallest absolute Gasteiger partial charge is 0 e. The van der Waals surface area contributed by atoms with Crippen molar-refractivity contribution in [2.75, 3.05) is 0 Å². The van der Waals surface area contributed by atoms with Crippen molar-refractivity contribution >= 4 is 10.9 Å². The van der Waals surface area contributed by atoms with Crippen LogP contribution in [0.3, 0.4) is 0 Å². The molecule has 0 spiro atoms. The van der Waals surface area contributed by atoms with Gasteiger partial charge in [0.2, 0.25) is 0 Å². The second kappa shape index (κ2) is 3.59. The standard InChI is InChI=1S/C9H6N.Zn/c1-2-6-9-8(4-1)5-3-7-10-9;/h1-6H;/q-1;. The summed E-state index contributed by atoms with van der Waals surface area (Å²) in [5, 5.41) is 1.17. The molecule has 0 amide bonds. The first-order valence-corrected chi connectivity index (χ1v) is 3.19. The van der Waals surface area contributed by atoms with Crippen molar-refractivity contribution in [2.45, 2.75) is 0 Å². The molecule has 0 bridgehead atoms. The van der Waals surface area contributed by atoms with E-state index in [1.807, 2.05) is 36.4 Å². The maximum atomic E-state index is 4.06. The summed E-state index contributed by atoms with van der Waals surface area (Å²) in [4.78, 5) is 4.06. The molecule has 50 valence electrons. The zero-order chi connectivity index (χ0) is 6.81. The number of fused-ring (bicyclic) bond motifs is 1. The van der Waals surface area contributed by atoms with E-state index in [1.54, 1.807) is 0 Å². The van der Waals surface area contributed by atoms with Crippen LogP contribution in [0, 0.1) is 6.20 Å². The van der Waals surface area contributed by atoms with Crippen LogP contribution >= 0.6 is 0 Å². The van der Waals surface area contributed by atoms with Crippen LogP contribution in [0.4, 0.5) is 0 Å². The number of hydrogen-bond acceptors (Lipinski definition) is 1. The summed E-state index contributed by atoms with van der Waals surface area (Å²) in [6.45, 7) is 0. The van der Waals surface area contributed by atoms with E-state index in [2.05, 4.69) is 11.2 Å². The van der Waals surface area contributed by atoms with Crippen LogP contribution < -0.4 is 0 Å². The van der Waals surface area contributed by atoms with E-state index >= 15 is 0 Å². The van der Waals surface area contributed by atoms with E-state index in [0.717, 1.165) is 5.52 Å². The molecule has 1 aromatic heterocycles. The zero-order valence-corrected chi connectivity index (χ0v) is 9.09. The fourth-order valence-corrected chi connectivity index (χ4v) is 0.964. The Hall–Kier alpha value is -0.747. The molecule has 0 unspecified atom stereocenters. The van der Waals surface area contributed by atoms with Crippen molar-refractivity contribution in [3.63, 3.8) is 0 Å². The first-order valence-electron chi connectivity index (χ1n) is 3.19. The molecule has 2 heteroatoms. The fraction of sp³-hybridized carbons (Fsp3) is 0. The van der Waals surface area contributed by atoms with E-state index < -0.39 is 0 Å². The largest absolute Gasteiger partial charge is 0.386 e. The third-order valence-electron chi connectivity index (χ3n) is 1.46. The van der Waals surface area contributed by atoms with Crippen LogP contribution in [0.25, 0.3) is 10.9 Å². The van der Waals surface area contributed by atoms with Crippen LogP contribution in [0.1, 0.15) is 0 Å². The molecule has 0 aliphatic carbocycles. The second-order valence-electron chi connectivity index (χ2n) is 2.13. The van der Waals surface area contributed by atoms with Crippen molar-refractivity contribution in [1.82, 2.24) is 4.98 Å². The van der Waals surface area contributed by atoms with E-state index in [-0.39, 0.29) is 19.5 Å². The number of hydrogen-bond donors (Lipinski definition) is 0. The van der Waals surface area contributed by atoms with Gasteiger partial charge < -0.3 is 4.98 Å². The van der Waals surface area contributed by atoms with Crippen LogP contribution in [0.15, 0.2) is 36.4 Å². The molecule has 2 aromatic rings. The zero-order valence-electron chi connectivity index (χ0n) is 6.12. The second-order valence-corrected chi connectivity index (χ2v) is 2.13. The summed E-state index contributed by atoms with van der Waals surface area (Å²) in [5.74, 6) is 0. The summed E-state index contributed by atoms with van der Waals surface area (Å²) in [6, 6.07) is 11.8. The van der Waals surface area contributed by atoms with Crippen LogP contribution in [-0.4, -0.2) is 4.98 Å². The fourth-order valence-electron chi connectivity index (χ4n) is 0.964. The van der Waals surface area contributed by atoms with Gasteiger partial charge in [-0.05, 0) is 5.52 Å². The minimum absolute atomic E-state index is 0. The average Bonchev–Trinajstić information content (AvgIpc) is 2.05. The quantitative estimate of drug-likeness (QED) is 0.461. The maximum absolute atomic E-state index is 4.06. The minimum atomic E-state index is 0. The summed E-state index contributed by atoms with van der Waals surface area (Å²) in [5.41, 5.74) is 1.00. The number of aromatic nitrogens is 1. The number of nitrogens with zero attached hydrogens (tertiary/aromatic N) is 1. The molecule has 0 fully saturated rings. The van der Waals surface area contributed by atoms with Gasteiger partial charge in [0.05, 0.1) is 0 Å². The van der Waals surface area contributed by atoms with Gasteiger partial charge >= 0.3 is 0 Å². The molecule has 0 saturated carbocycles. The average molecular weight is 194 g/mol. The topological polar surface area (TPSA) is 12.9 Å². The molecule has 0 radical (unpaired) electrons. The Bertz CT molecular complexity index is 281. The predicted molar refractivity (Wildman–Crippen MR) is 40.6 cm³/mol. The van der Waals surface area contributed by atoms with Crippen LogP contribution in [0.5, 0.6) is 0 Å². The molecule has 1 aromatic carbocycles. The molecule has 0 atom stereocenters. The molecule has 11 heavy (non-hydrogen) atoms. The number of para-hydroxylation sites is 1. The van der Waals surface area contributed by atoms with E-state index in [9.17, 15) is 0 Å². The molecule has 1 nitrogen and oxygen atoms in total. The van der Waals surface area contributed by atoms with Gasteiger partial charge in [0.25, 0.3) is 0 Å². The first-order chi connectivity index (χ1) is 4.97. The van der Waals surface area contributed by atoms with Crippen molar-refractivity contribution in [3.8, 4) is 0 Å². The van der Waals surface area contributed by atoms with Gasteiger partial charge in [-0.25, -0.2) is 0 Å². The van der Waals surface area contributed by atoms with Crippen molar-refractivity contribution in [3.05, 3.63) is 42.6 Å². The Kier molecular flexibility index (Phi) is 2.72. The van der Waals surface area contributed by atoms with Crippen molar-refractivity contribution < 1.29 is 19.5 Å². The molecular weight excluding hydrogens is 187 g/mol. The maximum Gasteiger partial charge on any atom is 0 e. The molecular formula is C9H6NZn-. The van der Waals surface area contributed by atoms with Crippen molar-refractivity contribution in [1.29, 1.82) is 0 Å². The summed E-state index contributed by atoms with van der Waals surface area (Å²) in [6.07, 6.45) is 2.79. The molecule has 0 saturated heterocycles. The molecule has 1 heterocycles. The third-order valence-corrected chi connectivity index (χ3v) is 1.46. The SMILES string of the molecule is [Zn].[c-]1ccc2ccccc2n1. The van der Waals surface area contributed by atoms with Gasteiger partial charge in [0.1, 0.15) is 0 Å². The normalized spacial score (nSPS) is 9.09. The summed E-state index contributed by atoms with van der Waals surface area (Å²) >= 11 is 0. The number of benzene rings is 1. The van der Waals surface area contributed by atoms with Gasteiger partial charge in [0.15, 0.2) is 0 Å². The van der Waals surface area contributed by atoms with Gasteiger partial charge in [-0.3, -0.25) is 0 Å². The van der Waals surface area contributed by atoms with Crippen LogP contribution in [0.2, 0.25) is 0 Å². The summed E-state index contributed by atoms with van der Waals surface area (Å²) < 4.78 is 0. The summed E-state index contributed by atoms with van der Waals surface area (Å²) in [7, 11) is 0. The van der Waals surface area contributed by atoms with E-state index in [1.165, 1.54) is 5.39 Å². The Morgan fingerprint density at radius 2 is 1.91 bits per heavy atom.